The Morgan fingerprint density at radius 1 is 1.29 bits per heavy atom. The maximum atomic E-state index is 11.8. The van der Waals surface area contributed by atoms with Crippen LogP contribution in [0, 0.1) is 5.92 Å². The van der Waals surface area contributed by atoms with Crippen molar-refractivity contribution in [2.75, 3.05) is 20.8 Å². The smallest absolute Gasteiger partial charge is 0.251 e. The lowest BCUT2D eigenvalue weighted by Gasteiger charge is -2.09. The van der Waals surface area contributed by atoms with Gasteiger partial charge in [-0.1, -0.05) is 0 Å². The van der Waals surface area contributed by atoms with Crippen LogP contribution in [-0.4, -0.2) is 26.7 Å². The number of carbonyl (C=O) groups excluding carboxylic acids is 1. The second-order valence-electron chi connectivity index (χ2n) is 4.22. The topological polar surface area (TPSA) is 47.6 Å². The van der Waals surface area contributed by atoms with E-state index in [0.717, 1.165) is 6.54 Å². The number of carbonyl (C=O) groups is 1. The van der Waals surface area contributed by atoms with Crippen LogP contribution in [0.3, 0.4) is 0 Å². The Kier molecular flexibility index (Phi) is 3.52. The van der Waals surface area contributed by atoms with Gasteiger partial charge in [0.1, 0.15) is 0 Å². The van der Waals surface area contributed by atoms with Gasteiger partial charge in [0, 0.05) is 12.1 Å². The van der Waals surface area contributed by atoms with Gasteiger partial charge in [-0.25, -0.2) is 0 Å². The van der Waals surface area contributed by atoms with Gasteiger partial charge in [0.25, 0.3) is 5.91 Å². The fraction of sp³-hybridized carbons (Fsp3) is 0.462. The van der Waals surface area contributed by atoms with E-state index in [2.05, 4.69) is 5.32 Å². The fourth-order valence-corrected chi connectivity index (χ4v) is 1.64. The Hall–Kier alpha value is -1.71. The van der Waals surface area contributed by atoms with E-state index < -0.39 is 0 Å². The van der Waals surface area contributed by atoms with Crippen LogP contribution in [0.1, 0.15) is 23.2 Å². The number of rotatable bonds is 5. The Morgan fingerprint density at radius 3 is 2.59 bits per heavy atom. The molecule has 0 bridgehead atoms. The predicted molar refractivity (Wildman–Crippen MR) is 64.6 cm³/mol. The number of hydrogen-bond donors (Lipinski definition) is 1. The van der Waals surface area contributed by atoms with E-state index in [1.165, 1.54) is 12.8 Å². The molecule has 1 saturated carbocycles. The molecule has 1 aromatic carbocycles. The molecule has 0 spiro atoms. The second kappa shape index (κ2) is 5.08. The molecule has 0 unspecified atom stereocenters. The van der Waals surface area contributed by atoms with Gasteiger partial charge in [-0.15, -0.1) is 0 Å². The minimum Gasteiger partial charge on any atom is -0.493 e. The molecular weight excluding hydrogens is 218 g/mol. The summed E-state index contributed by atoms with van der Waals surface area (Å²) in [5, 5.41) is 2.91. The normalized spacial score (nSPS) is 14.2. The highest BCUT2D eigenvalue weighted by atomic mass is 16.5. The predicted octanol–water partition coefficient (Wildman–Crippen LogP) is 1.84. The SMILES string of the molecule is COc1ccc(C(=O)NCC2CC2)cc1OC. The summed E-state index contributed by atoms with van der Waals surface area (Å²) in [7, 11) is 3.13. The Balaban J connectivity index is 2.05. The number of methoxy groups -OCH3 is 2. The first-order chi connectivity index (χ1) is 8.24. The molecule has 1 amide bonds. The quantitative estimate of drug-likeness (QED) is 0.847. The van der Waals surface area contributed by atoms with Crippen LogP contribution in [0.25, 0.3) is 0 Å². The first-order valence-corrected chi connectivity index (χ1v) is 5.75. The highest BCUT2D eigenvalue weighted by molar-refractivity contribution is 5.94. The van der Waals surface area contributed by atoms with Crippen molar-refractivity contribution in [1.29, 1.82) is 0 Å². The standard InChI is InChI=1S/C13H17NO3/c1-16-11-6-5-10(7-12(11)17-2)13(15)14-8-9-3-4-9/h5-7,9H,3-4,8H2,1-2H3,(H,14,15). The average Bonchev–Trinajstić information content (AvgIpc) is 3.19. The third-order valence-electron chi connectivity index (χ3n) is 2.89. The van der Waals surface area contributed by atoms with Gasteiger partial charge in [0.15, 0.2) is 11.5 Å². The van der Waals surface area contributed by atoms with E-state index in [-0.39, 0.29) is 5.91 Å². The van der Waals surface area contributed by atoms with Crippen LogP contribution in [0.15, 0.2) is 18.2 Å². The first kappa shape index (κ1) is 11.8. The third kappa shape index (κ3) is 2.90. The molecule has 2 rings (SSSR count). The number of nitrogens with one attached hydrogen (secondary N) is 1. The van der Waals surface area contributed by atoms with Gasteiger partial charge in [-0.3, -0.25) is 4.79 Å². The van der Waals surface area contributed by atoms with Gasteiger partial charge < -0.3 is 14.8 Å². The lowest BCUT2D eigenvalue weighted by molar-refractivity contribution is 0.0951. The maximum Gasteiger partial charge on any atom is 0.251 e. The minimum absolute atomic E-state index is 0.0575. The number of amides is 1. The summed E-state index contributed by atoms with van der Waals surface area (Å²) in [5.41, 5.74) is 0.600. The Bertz CT molecular complexity index is 413. The van der Waals surface area contributed by atoms with E-state index in [4.69, 9.17) is 9.47 Å². The monoisotopic (exact) mass is 235 g/mol. The van der Waals surface area contributed by atoms with Crippen molar-refractivity contribution in [3.63, 3.8) is 0 Å². The summed E-state index contributed by atoms with van der Waals surface area (Å²) in [6.07, 6.45) is 2.46. The third-order valence-corrected chi connectivity index (χ3v) is 2.89. The van der Waals surface area contributed by atoms with Crippen molar-refractivity contribution >= 4 is 5.91 Å². The molecule has 1 N–H and O–H groups in total. The molecule has 4 nitrogen and oxygen atoms in total. The van der Waals surface area contributed by atoms with E-state index in [1.807, 2.05) is 0 Å². The number of ether oxygens (including phenoxy) is 2. The molecule has 92 valence electrons. The van der Waals surface area contributed by atoms with E-state index >= 15 is 0 Å². The van der Waals surface area contributed by atoms with Crippen molar-refractivity contribution in [2.24, 2.45) is 5.92 Å². The van der Waals surface area contributed by atoms with E-state index in [0.29, 0.717) is 23.0 Å². The lowest BCUT2D eigenvalue weighted by Crippen LogP contribution is -2.25. The van der Waals surface area contributed by atoms with Crippen LogP contribution in [0.2, 0.25) is 0 Å². The molecule has 1 aromatic rings. The molecule has 1 fully saturated rings. The molecule has 1 aliphatic rings. The van der Waals surface area contributed by atoms with Crippen molar-refractivity contribution in [1.82, 2.24) is 5.32 Å². The maximum absolute atomic E-state index is 11.8. The Labute approximate surface area is 101 Å². The zero-order chi connectivity index (χ0) is 12.3. The van der Waals surface area contributed by atoms with Crippen LogP contribution in [-0.2, 0) is 0 Å². The first-order valence-electron chi connectivity index (χ1n) is 5.75. The lowest BCUT2D eigenvalue weighted by atomic mass is 10.2. The molecule has 0 heterocycles. The molecule has 0 atom stereocenters. The van der Waals surface area contributed by atoms with Gasteiger partial charge >= 0.3 is 0 Å². The van der Waals surface area contributed by atoms with Crippen LogP contribution in [0.5, 0.6) is 11.5 Å². The zero-order valence-corrected chi connectivity index (χ0v) is 10.2. The van der Waals surface area contributed by atoms with Crippen molar-refractivity contribution in [2.45, 2.75) is 12.8 Å². The van der Waals surface area contributed by atoms with E-state index in [9.17, 15) is 4.79 Å². The fourth-order valence-electron chi connectivity index (χ4n) is 1.64. The van der Waals surface area contributed by atoms with Gasteiger partial charge in [0.2, 0.25) is 0 Å². The average molecular weight is 235 g/mol. The van der Waals surface area contributed by atoms with E-state index in [1.54, 1.807) is 32.4 Å². The highest BCUT2D eigenvalue weighted by Crippen LogP contribution is 2.29. The zero-order valence-electron chi connectivity index (χ0n) is 10.2. The van der Waals surface area contributed by atoms with Gasteiger partial charge in [0.05, 0.1) is 14.2 Å². The molecule has 0 saturated heterocycles. The van der Waals surface area contributed by atoms with Crippen molar-refractivity contribution in [3.8, 4) is 11.5 Å². The largest absolute Gasteiger partial charge is 0.493 e. The molecule has 1 aliphatic carbocycles. The minimum atomic E-state index is -0.0575. The van der Waals surface area contributed by atoms with Gasteiger partial charge in [-0.05, 0) is 37.0 Å². The van der Waals surface area contributed by atoms with Crippen LogP contribution < -0.4 is 14.8 Å². The van der Waals surface area contributed by atoms with Crippen LogP contribution >= 0.6 is 0 Å². The van der Waals surface area contributed by atoms with Crippen molar-refractivity contribution in [3.05, 3.63) is 23.8 Å². The molecule has 17 heavy (non-hydrogen) atoms. The number of hydrogen-bond acceptors (Lipinski definition) is 3. The number of benzene rings is 1. The molecule has 0 aromatic heterocycles. The molecular formula is C13H17NO3. The molecule has 0 aliphatic heterocycles. The summed E-state index contributed by atoms with van der Waals surface area (Å²) in [4.78, 5) is 11.8. The van der Waals surface area contributed by atoms with Crippen molar-refractivity contribution < 1.29 is 14.3 Å². The molecule has 0 radical (unpaired) electrons. The summed E-state index contributed by atoms with van der Waals surface area (Å²) in [6, 6.07) is 5.18. The molecule has 4 heteroatoms. The summed E-state index contributed by atoms with van der Waals surface area (Å²) in [5.74, 6) is 1.83. The Morgan fingerprint density at radius 2 is 2.00 bits per heavy atom. The van der Waals surface area contributed by atoms with Crippen LogP contribution in [0.4, 0.5) is 0 Å². The summed E-state index contributed by atoms with van der Waals surface area (Å²) in [6.45, 7) is 0.771. The second-order valence-corrected chi connectivity index (χ2v) is 4.22. The summed E-state index contributed by atoms with van der Waals surface area (Å²) >= 11 is 0. The highest BCUT2D eigenvalue weighted by Gasteiger charge is 2.22. The summed E-state index contributed by atoms with van der Waals surface area (Å²) < 4.78 is 10.3. The van der Waals surface area contributed by atoms with Gasteiger partial charge in [-0.2, -0.15) is 0 Å².